The van der Waals surface area contributed by atoms with Crippen molar-refractivity contribution in [1.29, 1.82) is 0 Å². The average molecular weight is 270 g/mol. The maximum absolute atomic E-state index is 12.2. The zero-order chi connectivity index (χ0) is 14.4. The highest BCUT2D eigenvalue weighted by Gasteiger charge is 2.13. The third-order valence-corrected chi connectivity index (χ3v) is 2.94. The van der Waals surface area contributed by atoms with E-state index in [1.165, 1.54) is 0 Å². The van der Waals surface area contributed by atoms with Crippen LogP contribution in [-0.2, 0) is 0 Å². The average Bonchev–Trinajstić information content (AvgIpc) is 2.47. The van der Waals surface area contributed by atoms with E-state index in [0.717, 1.165) is 11.3 Å². The summed E-state index contributed by atoms with van der Waals surface area (Å²) in [6.45, 7) is 4.39. The van der Waals surface area contributed by atoms with Gasteiger partial charge in [0.25, 0.3) is 0 Å². The fraction of sp³-hybridized carbons (Fsp3) is 0.235. The van der Waals surface area contributed by atoms with Gasteiger partial charge in [-0.2, -0.15) is 0 Å². The van der Waals surface area contributed by atoms with Gasteiger partial charge in [-0.1, -0.05) is 30.3 Å². The van der Waals surface area contributed by atoms with Gasteiger partial charge in [-0.3, -0.25) is 4.79 Å². The third kappa shape index (κ3) is 3.38. The number of rotatable bonds is 6. The first-order chi connectivity index (χ1) is 9.72. The molecule has 0 aromatic heterocycles. The maximum atomic E-state index is 12.2. The van der Waals surface area contributed by atoms with Gasteiger partial charge >= 0.3 is 0 Å². The van der Waals surface area contributed by atoms with Crippen LogP contribution in [0.2, 0.25) is 0 Å². The van der Waals surface area contributed by atoms with Crippen LogP contribution in [0.4, 0.5) is 0 Å². The summed E-state index contributed by atoms with van der Waals surface area (Å²) >= 11 is 0. The standard InChI is InChI=1S/C17H18O3/c1-3-19-17-11-7-5-9-14(17)15(18)12-20-16-10-6-4-8-13(16)2/h4-11H,3,12H2,1-2H3. The zero-order valence-electron chi connectivity index (χ0n) is 11.8. The molecule has 0 saturated heterocycles. The van der Waals surface area contributed by atoms with E-state index in [4.69, 9.17) is 9.47 Å². The number of hydrogen-bond donors (Lipinski definition) is 0. The molecule has 0 amide bonds. The number of hydrogen-bond acceptors (Lipinski definition) is 3. The summed E-state index contributed by atoms with van der Waals surface area (Å²) in [5.74, 6) is 1.25. The second kappa shape index (κ2) is 6.75. The van der Waals surface area contributed by atoms with Gasteiger partial charge in [0.05, 0.1) is 12.2 Å². The molecule has 0 heterocycles. The summed E-state index contributed by atoms with van der Waals surface area (Å²) in [6, 6.07) is 14.9. The molecule has 2 aromatic carbocycles. The summed E-state index contributed by atoms with van der Waals surface area (Å²) in [7, 11) is 0. The van der Waals surface area contributed by atoms with Gasteiger partial charge < -0.3 is 9.47 Å². The summed E-state index contributed by atoms with van der Waals surface area (Å²) in [5, 5.41) is 0. The molecule has 0 N–H and O–H groups in total. The normalized spacial score (nSPS) is 10.1. The molecule has 0 fully saturated rings. The van der Waals surface area contributed by atoms with Crippen LogP contribution in [0.1, 0.15) is 22.8 Å². The minimum atomic E-state index is -0.0858. The molecular formula is C17H18O3. The maximum Gasteiger partial charge on any atom is 0.203 e. The van der Waals surface area contributed by atoms with Crippen LogP contribution in [-0.4, -0.2) is 19.0 Å². The van der Waals surface area contributed by atoms with Gasteiger partial charge in [-0.25, -0.2) is 0 Å². The number of Topliss-reactive ketones (excluding diaryl/α,β-unsaturated/α-hetero) is 1. The molecule has 0 radical (unpaired) electrons. The minimum Gasteiger partial charge on any atom is -0.493 e. The first-order valence-corrected chi connectivity index (χ1v) is 6.66. The van der Waals surface area contributed by atoms with Gasteiger partial charge in [0, 0.05) is 0 Å². The Morgan fingerprint density at radius 2 is 1.60 bits per heavy atom. The van der Waals surface area contributed by atoms with Gasteiger partial charge in [0.1, 0.15) is 11.5 Å². The molecule has 0 unspecified atom stereocenters. The van der Waals surface area contributed by atoms with Crippen molar-refractivity contribution in [3.8, 4) is 11.5 Å². The Labute approximate surface area is 119 Å². The molecule has 0 spiro atoms. The quantitative estimate of drug-likeness (QED) is 0.751. The van der Waals surface area contributed by atoms with Gasteiger partial charge in [0.2, 0.25) is 5.78 Å². The van der Waals surface area contributed by atoms with E-state index in [0.29, 0.717) is 17.9 Å². The SMILES string of the molecule is CCOc1ccccc1C(=O)COc1ccccc1C. The second-order valence-corrected chi connectivity index (χ2v) is 4.41. The molecule has 0 aliphatic rings. The monoisotopic (exact) mass is 270 g/mol. The lowest BCUT2D eigenvalue weighted by Gasteiger charge is -2.11. The van der Waals surface area contributed by atoms with E-state index >= 15 is 0 Å². The van der Waals surface area contributed by atoms with E-state index in [2.05, 4.69) is 0 Å². The Kier molecular flexibility index (Phi) is 4.77. The van der Waals surface area contributed by atoms with Crippen molar-refractivity contribution in [3.05, 3.63) is 59.7 Å². The van der Waals surface area contributed by atoms with Crippen molar-refractivity contribution in [1.82, 2.24) is 0 Å². The Hall–Kier alpha value is -2.29. The lowest BCUT2D eigenvalue weighted by molar-refractivity contribution is 0.0917. The molecule has 2 aromatic rings. The summed E-state index contributed by atoms with van der Waals surface area (Å²) in [4.78, 5) is 12.2. The summed E-state index contributed by atoms with van der Waals surface area (Å²) in [6.07, 6.45) is 0. The largest absolute Gasteiger partial charge is 0.493 e. The van der Waals surface area contributed by atoms with Crippen molar-refractivity contribution in [2.24, 2.45) is 0 Å². The molecular weight excluding hydrogens is 252 g/mol. The van der Waals surface area contributed by atoms with Gasteiger partial charge in [0.15, 0.2) is 6.61 Å². The lowest BCUT2D eigenvalue weighted by Crippen LogP contribution is -2.13. The number of ketones is 1. The first kappa shape index (κ1) is 14.1. The number of benzene rings is 2. The van der Waals surface area contributed by atoms with Crippen molar-refractivity contribution in [2.45, 2.75) is 13.8 Å². The van der Waals surface area contributed by atoms with Crippen LogP contribution in [0.5, 0.6) is 11.5 Å². The Morgan fingerprint density at radius 1 is 0.950 bits per heavy atom. The molecule has 3 heteroatoms. The van der Waals surface area contributed by atoms with Gasteiger partial charge in [-0.15, -0.1) is 0 Å². The van der Waals surface area contributed by atoms with Crippen molar-refractivity contribution < 1.29 is 14.3 Å². The zero-order valence-corrected chi connectivity index (χ0v) is 11.8. The summed E-state index contributed by atoms with van der Waals surface area (Å²) < 4.78 is 11.0. The van der Waals surface area contributed by atoms with Crippen molar-refractivity contribution in [3.63, 3.8) is 0 Å². The predicted molar refractivity (Wildman–Crippen MR) is 78.6 cm³/mol. The molecule has 2 rings (SSSR count). The first-order valence-electron chi connectivity index (χ1n) is 6.66. The lowest BCUT2D eigenvalue weighted by atomic mass is 10.1. The molecule has 20 heavy (non-hydrogen) atoms. The van der Waals surface area contributed by atoms with Crippen LogP contribution in [0.3, 0.4) is 0 Å². The topological polar surface area (TPSA) is 35.5 Å². The Bertz CT molecular complexity index is 590. The fourth-order valence-electron chi connectivity index (χ4n) is 1.92. The number of para-hydroxylation sites is 2. The van der Waals surface area contributed by atoms with Gasteiger partial charge in [-0.05, 0) is 37.6 Å². The highest BCUT2D eigenvalue weighted by atomic mass is 16.5. The van der Waals surface area contributed by atoms with Crippen LogP contribution in [0, 0.1) is 6.92 Å². The Morgan fingerprint density at radius 3 is 2.30 bits per heavy atom. The van der Waals surface area contributed by atoms with Crippen LogP contribution in [0.25, 0.3) is 0 Å². The van der Waals surface area contributed by atoms with E-state index in [1.807, 2.05) is 50.2 Å². The highest BCUT2D eigenvalue weighted by Crippen LogP contribution is 2.20. The highest BCUT2D eigenvalue weighted by molar-refractivity contribution is 5.99. The molecule has 0 saturated carbocycles. The van der Waals surface area contributed by atoms with Crippen molar-refractivity contribution in [2.75, 3.05) is 13.2 Å². The molecule has 3 nitrogen and oxygen atoms in total. The molecule has 104 valence electrons. The fourth-order valence-corrected chi connectivity index (χ4v) is 1.92. The smallest absolute Gasteiger partial charge is 0.203 e. The molecule has 0 bridgehead atoms. The molecule has 0 aliphatic carbocycles. The molecule has 0 aliphatic heterocycles. The number of ether oxygens (including phenoxy) is 2. The Balaban J connectivity index is 2.07. The minimum absolute atomic E-state index is 0.00887. The number of aryl methyl sites for hydroxylation is 1. The summed E-state index contributed by atoms with van der Waals surface area (Å²) in [5.41, 5.74) is 1.57. The van der Waals surface area contributed by atoms with E-state index in [9.17, 15) is 4.79 Å². The third-order valence-electron chi connectivity index (χ3n) is 2.94. The van der Waals surface area contributed by atoms with Crippen LogP contribution >= 0.6 is 0 Å². The van der Waals surface area contributed by atoms with Crippen LogP contribution in [0.15, 0.2) is 48.5 Å². The second-order valence-electron chi connectivity index (χ2n) is 4.41. The van der Waals surface area contributed by atoms with E-state index in [-0.39, 0.29) is 12.4 Å². The van der Waals surface area contributed by atoms with Crippen LogP contribution < -0.4 is 9.47 Å². The number of carbonyl (C=O) groups is 1. The van der Waals surface area contributed by atoms with E-state index in [1.54, 1.807) is 12.1 Å². The predicted octanol–water partition coefficient (Wildman–Crippen LogP) is 3.66. The number of carbonyl (C=O) groups excluding carboxylic acids is 1. The van der Waals surface area contributed by atoms with E-state index < -0.39 is 0 Å². The van der Waals surface area contributed by atoms with Crippen molar-refractivity contribution >= 4 is 5.78 Å². The molecule has 0 atom stereocenters.